The van der Waals surface area contributed by atoms with Crippen molar-refractivity contribution >= 4 is 21.8 Å². The van der Waals surface area contributed by atoms with Crippen molar-refractivity contribution in [2.75, 3.05) is 7.11 Å². The number of benzene rings is 2. The van der Waals surface area contributed by atoms with Gasteiger partial charge in [-0.05, 0) is 36.4 Å². The maximum absolute atomic E-state index is 14.1. The monoisotopic (exact) mass is 436 g/mol. The molecule has 160 valence electrons. The molecule has 0 aliphatic rings. The van der Waals surface area contributed by atoms with Gasteiger partial charge in [-0.25, -0.2) is 4.39 Å². The first kappa shape index (κ1) is 19.1. The molecule has 8 heteroatoms. The molecule has 2 N–H and O–H groups in total. The number of rotatable bonds is 4. The van der Waals surface area contributed by atoms with Crippen LogP contribution in [0.15, 0.2) is 73.3 Å². The van der Waals surface area contributed by atoms with Crippen LogP contribution >= 0.6 is 0 Å². The van der Waals surface area contributed by atoms with E-state index in [0.717, 1.165) is 44.5 Å². The Hall–Kier alpha value is -4.59. The fourth-order valence-corrected chi connectivity index (χ4v) is 4.06. The van der Waals surface area contributed by atoms with Crippen LogP contribution < -0.4 is 4.74 Å². The normalized spacial score (nSPS) is 11.3. The van der Waals surface area contributed by atoms with Crippen LogP contribution in [0.2, 0.25) is 0 Å². The highest BCUT2D eigenvalue weighted by atomic mass is 19.1. The zero-order valence-corrected chi connectivity index (χ0v) is 17.5. The van der Waals surface area contributed by atoms with E-state index in [0.29, 0.717) is 17.0 Å². The van der Waals surface area contributed by atoms with E-state index in [4.69, 9.17) is 4.74 Å². The molecule has 0 fully saturated rings. The molecule has 4 heterocycles. The molecule has 0 bridgehead atoms. The van der Waals surface area contributed by atoms with E-state index in [2.05, 4.69) is 30.1 Å². The number of aromatic nitrogens is 6. The second-order valence-corrected chi connectivity index (χ2v) is 7.61. The second-order valence-electron chi connectivity index (χ2n) is 7.61. The van der Waals surface area contributed by atoms with Crippen LogP contribution in [0.25, 0.3) is 55.7 Å². The standard InChI is InChI=1S/C25H17FN6O/c1-33-17-9-15(8-16(26)11-17)24-19-12-22(30-20(19)4-5-29-24)25-18-10-14(2-3-21(18)31-32-25)23-13-27-6-7-28-23/h2-13,30H,1H3,(H,31,32). The molecular weight excluding hydrogens is 419 g/mol. The highest BCUT2D eigenvalue weighted by Gasteiger charge is 2.16. The Morgan fingerprint density at radius 1 is 0.818 bits per heavy atom. The van der Waals surface area contributed by atoms with Gasteiger partial charge in [-0.3, -0.25) is 20.1 Å². The zero-order chi connectivity index (χ0) is 22.4. The van der Waals surface area contributed by atoms with E-state index in [1.54, 1.807) is 30.9 Å². The number of methoxy groups -OCH3 is 1. The minimum absolute atomic E-state index is 0.381. The number of ether oxygens (including phenoxy) is 1. The number of halogens is 1. The van der Waals surface area contributed by atoms with Gasteiger partial charge in [0.25, 0.3) is 0 Å². The van der Waals surface area contributed by atoms with E-state index in [1.165, 1.54) is 19.2 Å². The largest absolute Gasteiger partial charge is 0.497 e. The summed E-state index contributed by atoms with van der Waals surface area (Å²) in [6.45, 7) is 0. The summed E-state index contributed by atoms with van der Waals surface area (Å²) < 4.78 is 19.4. The topological polar surface area (TPSA) is 92.4 Å². The average molecular weight is 436 g/mol. The molecule has 0 unspecified atom stereocenters. The molecule has 2 aromatic carbocycles. The molecule has 0 radical (unpaired) electrons. The predicted octanol–water partition coefficient (Wildman–Crippen LogP) is 5.38. The van der Waals surface area contributed by atoms with Crippen LogP contribution in [0.3, 0.4) is 0 Å². The van der Waals surface area contributed by atoms with Crippen LogP contribution in [-0.4, -0.2) is 37.2 Å². The van der Waals surface area contributed by atoms with Crippen molar-refractivity contribution in [3.63, 3.8) is 0 Å². The molecule has 33 heavy (non-hydrogen) atoms. The molecule has 0 saturated heterocycles. The van der Waals surface area contributed by atoms with Gasteiger partial charge in [0, 0.05) is 52.1 Å². The number of nitrogens with zero attached hydrogens (tertiary/aromatic N) is 4. The summed E-state index contributed by atoms with van der Waals surface area (Å²) in [5, 5.41) is 9.45. The molecule has 7 nitrogen and oxygen atoms in total. The predicted molar refractivity (Wildman–Crippen MR) is 124 cm³/mol. The summed E-state index contributed by atoms with van der Waals surface area (Å²) in [7, 11) is 1.51. The molecule has 4 aromatic heterocycles. The van der Waals surface area contributed by atoms with Gasteiger partial charge in [-0.15, -0.1) is 0 Å². The van der Waals surface area contributed by atoms with Gasteiger partial charge in [0.15, 0.2) is 0 Å². The van der Waals surface area contributed by atoms with E-state index in [9.17, 15) is 4.39 Å². The van der Waals surface area contributed by atoms with Gasteiger partial charge in [0.1, 0.15) is 17.3 Å². The Kier molecular flexibility index (Phi) is 4.36. The van der Waals surface area contributed by atoms with E-state index in [1.807, 2.05) is 30.3 Å². The minimum atomic E-state index is -0.381. The molecule has 0 aliphatic heterocycles. The molecule has 6 rings (SSSR count). The first-order valence-corrected chi connectivity index (χ1v) is 10.3. The number of pyridine rings is 1. The summed E-state index contributed by atoms with van der Waals surface area (Å²) in [4.78, 5) is 16.5. The highest BCUT2D eigenvalue weighted by Crippen LogP contribution is 2.35. The third-order valence-electron chi connectivity index (χ3n) is 5.61. The van der Waals surface area contributed by atoms with Crippen molar-refractivity contribution in [3.8, 4) is 39.7 Å². The van der Waals surface area contributed by atoms with Crippen LogP contribution in [-0.2, 0) is 0 Å². The molecule has 0 aliphatic carbocycles. The molecule has 0 atom stereocenters. The molecular formula is C25H17FN6O. The van der Waals surface area contributed by atoms with Gasteiger partial charge in [0.2, 0.25) is 0 Å². The lowest BCUT2D eigenvalue weighted by Crippen LogP contribution is -1.89. The summed E-state index contributed by atoms with van der Waals surface area (Å²) in [6.07, 6.45) is 6.75. The summed E-state index contributed by atoms with van der Waals surface area (Å²) in [6, 6.07) is 14.4. The fraction of sp³-hybridized carbons (Fsp3) is 0.0400. The number of fused-ring (bicyclic) bond motifs is 2. The maximum atomic E-state index is 14.1. The Bertz CT molecular complexity index is 1620. The SMILES string of the molecule is COc1cc(F)cc(-c2nccc3[nH]c(-c4n[nH]c5ccc(-c6cnccn6)cc45)cc23)c1. The number of H-pyrrole nitrogens is 2. The van der Waals surface area contributed by atoms with Crippen LogP contribution in [0.1, 0.15) is 0 Å². The van der Waals surface area contributed by atoms with Crippen molar-refractivity contribution in [1.29, 1.82) is 0 Å². The first-order valence-electron chi connectivity index (χ1n) is 10.3. The Morgan fingerprint density at radius 2 is 1.73 bits per heavy atom. The quantitative estimate of drug-likeness (QED) is 0.387. The van der Waals surface area contributed by atoms with Gasteiger partial charge in [-0.1, -0.05) is 6.07 Å². The van der Waals surface area contributed by atoms with E-state index in [-0.39, 0.29) is 5.82 Å². The third-order valence-corrected chi connectivity index (χ3v) is 5.61. The zero-order valence-electron chi connectivity index (χ0n) is 17.5. The number of hydrogen-bond acceptors (Lipinski definition) is 5. The van der Waals surface area contributed by atoms with Crippen molar-refractivity contribution in [3.05, 3.63) is 79.1 Å². The number of aromatic amines is 2. The van der Waals surface area contributed by atoms with E-state index < -0.39 is 0 Å². The third kappa shape index (κ3) is 3.28. The lowest BCUT2D eigenvalue weighted by molar-refractivity contribution is 0.411. The van der Waals surface area contributed by atoms with Crippen LogP contribution in [0, 0.1) is 5.82 Å². The van der Waals surface area contributed by atoms with Crippen molar-refractivity contribution < 1.29 is 9.13 Å². The average Bonchev–Trinajstić information content (AvgIpc) is 3.47. The van der Waals surface area contributed by atoms with Gasteiger partial charge in [-0.2, -0.15) is 5.10 Å². The molecule has 0 spiro atoms. The van der Waals surface area contributed by atoms with Crippen LogP contribution in [0.5, 0.6) is 5.75 Å². The second kappa shape index (κ2) is 7.52. The molecule has 0 amide bonds. The Balaban J connectivity index is 1.50. The minimum Gasteiger partial charge on any atom is -0.497 e. The molecule has 0 saturated carbocycles. The fourth-order valence-electron chi connectivity index (χ4n) is 4.06. The van der Waals surface area contributed by atoms with Crippen molar-refractivity contribution in [1.82, 2.24) is 30.1 Å². The first-order chi connectivity index (χ1) is 16.2. The maximum Gasteiger partial charge on any atom is 0.127 e. The lowest BCUT2D eigenvalue weighted by Gasteiger charge is -2.06. The van der Waals surface area contributed by atoms with Crippen molar-refractivity contribution in [2.24, 2.45) is 0 Å². The summed E-state index contributed by atoms with van der Waals surface area (Å²) in [5.41, 5.74) is 6.41. The van der Waals surface area contributed by atoms with E-state index >= 15 is 0 Å². The molecule has 6 aromatic rings. The Morgan fingerprint density at radius 3 is 2.58 bits per heavy atom. The summed E-state index contributed by atoms with van der Waals surface area (Å²) >= 11 is 0. The number of hydrogen-bond donors (Lipinski definition) is 2. The lowest BCUT2D eigenvalue weighted by atomic mass is 10.1. The Labute approximate surface area is 187 Å². The smallest absolute Gasteiger partial charge is 0.127 e. The van der Waals surface area contributed by atoms with Crippen molar-refractivity contribution in [2.45, 2.75) is 0 Å². The highest BCUT2D eigenvalue weighted by molar-refractivity contribution is 6.00. The summed E-state index contributed by atoms with van der Waals surface area (Å²) in [5.74, 6) is 0.0585. The van der Waals surface area contributed by atoms with Crippen LogP contribution in [0.4, 0.5) is 4.39 Å². The van der Waals surface area contributed by atoms with Gasteiger partial charge < -0.3 is 9.72 Å². The number of nitrogens with one attached hydrogen (secondary N) is 2. The van der Waals surface area contributed by atoms with Gasteiger partial charge in [0.05, 0.1) is 35.9 Å². The van der Waals surface area contributed by atoms with Gasteiger partial charge >= 0.3 is 0 Å².